The first-order valence-corrected chi connectivity index (χ1v) is 8.27. The Bertz CT molecular complexity index is 514. The lowest BCUT2D eigenvalue weighted by atomic mass is 9.95. The third kappa shape index (κ3) is 3.80. The first-order chi connectivity index (χ1) is 10.6. The van der Waals surface area contributed by atoms with Gasteiger partial charge in [-0.15, -0.1) is 0 Å². The van der Waals surface area contributed by atoms with Crippen LogP contribution in [-0.2, 0) is 6.42 Å². The molecule has 0 aliphatic carbocycles. The van der Waals surface area contributed by atoms with Crippen molar-refractivity contribution in [2.75, 3.05) is 26.7 Å². The molecule has 2 rings (SSSR count). The molecule has 0 aromatic heterocycles. The standard InChI is InChI=1S/C18H28N2O2/c1-5-9-20(11-13(2)3)14-10-16-15(18(21)19-4)7-6-8-17(16)22-12-14/h6-8,13-14H,5,9-12H2,1-4H3,(H,19,21). The van der Waals surface area contributed by atoms with Crippen LogP contribution >= 0.6 is 0 Å². The van der Waals surface area contributed by atoms with E-state index < -0.39 is 0 Å². The Hall–Kier alpha value is -1.55. The summed E-state index contributed by atoms with van der Waals surface area (Å²) in [6.07, 6.45) is 2.01. The zero-order chi connectivity index (χ0) is 16.1. The zero-order valence-corrected chi connectivity index (χ0v) is 14.2. The molecule has 0 saturated carbocycles. The minimum Gasteiger partial charge on any atom is -0.492 e. The first kappa shape index (κ1) is 16.8. The molecule has 1 unspecified atom stereocenters. The second-order valence-corrected chi connectivity index (χ2v) is 6.42. The number of fused-ring (bicyclic) bond motifs is 1. The molecule has 1 N–H and O–H groups in total. The number of benzene rings is 1. The summed E-state index contributed by atoms with van der Waals surface area (Å²) >= 11 is 0. The maximum absolute atomic E-state index is 12.1. The molecule has 0 bridgehead atoms. The van der Waals surface area contributed by atoms with Crippen molar-refractivity contribution in [3.8, 4) is 5.75 Å². The number of nitrogens with zero attached hydrogens (tertiary/aromatic N) is 1. The molecule has 0 fully saturated rings. The van der Waals surface area contributed by atoms with Crippen molar-refractivity contribution in [3.05, 3.63) is 29.3 Å². The zero-order valence-electron chi connectivity index (χ0n) is 14.2. The predicted octanol–water partition coefficient (Wildman–Crippen LogP) is 2.72. The quantitative estimate of drug-likeness (QED) is 0.878. The summed E-state index contributed by atoms with van der Waals surface area (Å²) in [5, 5.41) is 2.72. The lowest BCUT2D eigenvalue weighted by Crippen LogP contribution is -2.45. The Morgan fingerprint density at radius 3 is 2.86 bits per heavy atom. The fourth-order valence-electron chi connectivity index (χ4n) is 3.15. The van der Waals surface area contributed by atoms with Gasteiger partial charge in [-0.25, -0.2) is 0 Å². The highest BCUT2D eigenvalue weighted by atomic mass is 16.5. The first-order valence-electron chi connectivity index (χ1n) is 8.27. The average Bonchev–Trinajstić information content (AvgIpc) is 2.52. The molecule has 4 heteroatoms. The summed E-state index contributed by atoms with van der Waals surface area (Å²) in [4.78, 5) is 14.6. The molecule has 122 valence electrons. The fraction of sp³-hybridized carbons (Fsp3) is 0.611. The number of amides is 1. The van der Waals surface area contributed by atoms with Crippen LogP contribution in [-0.4, -0.2) is 43.6 Å². The average molecular weight is 304 g/mol. The van der Waals surface area contributed by atoms with E-state index in [1.165, 1.54) is 0 Å². The third-order valence-corrected chi connectivity index (χ3v) is 4.10. The molecule has 22 heavy (non-hydrogen) atoms. The van der Waals surface area contributed by atoms with E-state index in [9.17, 15) is 4.79 Å². The van der Waals surface area contributed by atoms with Gasteiger partial charge < -0.3 is 10.1 Å². The van der Waals surface area contributed by atoms with Crippen molar-refractivity contribution < 1.29 is 9.53 Å². The molecule has 1 aromatic rings. The Kier molecular flexibility index (Phi) is 5.83. The Morgan fingerprint density at radius 1 is 1.45 bits per heavy atom. The summed E-state index contributed by atoms with van der Waals surface area (Å²) in [5.74, 6) is 1.45. The van der Waals surface area contributed by atoms with Crippen LogP contribution in [0.15, 0.2) is 18.2 Å². The van der Waals surface area contributed by atoms with Crippen molar-refractivity contribution in [2.45, 2.75) is 39.7 Å². The number of nitrogens with one attached hydrogen (secondary N) is 1. The highest BCUT2D eigenvalue weighted by Gasteiger charge is 2.28. The maximum Gasteiger partial charge on any atom is 0.251 e. The molecule has 1 aliphatic heterocycles. The van der Waals surface area contributed by atoms with Crippen LogP contribution in [0.5, 0.6) is 5.75 Å². The monoisotopic (exact) mass is 304 g/mol. The van der Waals surface area contributed by atoms with Gasteiger partial charge in [-0.3, -0.25) is 9.69 Å². The topological polar surface area (TPSA) is 41.6 Å². The van der Waals surface area contributed by atoms with Crippen LogP contribution in [0.3, 0.4) is 0 Å². The van der Waals surface area contributed by atoms with Gasteiger partial charge in [0.05, 0.1) is 0 Å². The van der Waals surface area contributed by atoms with Crippen molar-refractivity contribution in [2.24, 2.45) is 5.92 Å². The van der Waals surface area contributed by atoms with E-state index in [0.717, 1.165) is 42.8 Å². The molecule has 0 saturated heterocycles. The summed E-state index contributed by atoms with van der Waals surface area (Å²) in [7, 11) is 1.67. The summed E-state index contributed by atoms with van der Waals surface area (Å²) in [6, 6.07) is 6.09. The fourth-order valence-corrected chi connectivity index (χ4v) is 3.15. The van der Waals surface area contributed by atoms with Crippen LogP contribution in [0.25, 0.3) is 0 Å². The predicted molar refractivity (Wildman–Crippen MR) is 89.5 cm³/mol. The normalized spacial score (nSPS) is 17.3. The molecule has 1 heterocycles. The van der Waals surface area contributed by atoms with Gasteiger partial charge in [0.2, 0.25) is 0 Å². The van der Waals surface area contributed by atoms with Gasteiger partial charge in [-0.05, 0) is 37.4 Å². The van der Waals surface area contributed by atoms with Gasteiger partial charge in [0.25, 0.3) is 5.91 Å². The number of rotatable bonds is 6. The molecule has 1 aromatic carbocycles. The van der Waals surface area contributed by atoms with Crippen molar-refractivity contribution >= 4 is 5.91 Å². The number of ether oxygens (including phenoxy) is 1. The van der Waals surface area contributed by atoms with Crippen LogP contribution in [0.4, 0.5) is 0 Å². The summed E-state index contributed by atoms with van der Waals surface area (Å²) in [5.41, 5.74) is 1.79. The molecule has 1 amide bonds. The molecule has 0 radical (unpaired) electrons. The van der Waals surface area contributed by atoms with Gasteiger partial charge in [0, 0.05) is 30.8 Å². The molecule has 4 nitrogen and oxygen atoms in total. The Morgan fingerprint density at radius 2 is 2.23 bits per heavy atom. The molecule has 1 atom stereocenters. The third-order valence-electron chi connectivity index (χ3n) is 4.10. The van der Waals surface area contributed by atoms with Crippen LogP contribution in [0.2, 0.25) is 0 Å². The van der Waals surface area contributed by atoms with Crippen molar-refractivity contribution in [3.63, 3.8) is 0 Å². The van der Waals surface area contributed by atoms with Crippen LogP contribution < -0.4 is 10.1 Å². The second kappa shape index (κ2) is 7.63. The van der Waals surface area contributed by atoms with Crippen LogP contribution in [0.1, 0.15) is 43.1 Å². The van der Waals surface area contributed by atoms with Gasteiger partial charge in [0.1, 0.15) is 12.4 Å². The number of hydrogen-bond donors (Lipinski definition) is 1. The highest BCUT2D eigenvalue weighted by Crippen LogP contribution is 2.30. The van der Waals surface area contributed by atoms with Gasteiger partial charge >= 0.3 is 0 Å². The summed E-state index contributed by atoms with van der Waals surface area (Å²) in [6.45, 7) is 9.55. The van der Waals surface area contributed by atoms with Gasteiger partial charge in [-0.2, -0.15) is 0 Å². The van der Waals surface area contributed by atoms with Gasteiger partial charge in [-0.1, -0.05) is 26.8 Å². The minimum absolute atomic E-state index is 0.0352. The van der Waals surface area contributed by atoms with Gasteiger partial charge in [0.15, 0.2) is 0 Å². The van der Waals surface area contributed by atoms with E-state index in [2.05, 4.69) is 31.0 Å². The second-order valence-electron chi connectivity index (χ2n) is 6.42. The van der Waals surface area contributed by atoms with E-state index in [1.807, 2.05) is 18.2 Å². The highest BCUT2D eigenvalue weighted by molar-refractivity contribution is 5.96. The number of carbonyl (C=O) groups excluding carboxylic acids is 1. The molecular weight excluding hydrogens is 276 g/mol. The van der Waals surface area contributed by atoms with Crippen LogP contribution in [0, 0.1) is 5.92 Å². The van der Waals surface area contributed by atoms with E-state index in [-0.39, 0.29) is 5.91 Å². The number of hydrogen-bond acceptors (Lipinski definition) is 3. The van der Waals surface area contributed by atoms with E-state index in [4.69, 9.17) is 4.74 Å². The van der Waals surface area contributed by atoms with Crippen molar-refractivity contribution in [1.82, 2.24) is 10.2 Å². The Balaban J connectivity index is 2.23. The largest absolute Gasteiger partial charge is 0.492 e. The van der Waals surface area contributed by atoms with E-state index in [0.29, 0.717) is 18.6 Å². The lowest BCUT2D eigenvalue weighted by Gasteiger charge is -2.36. The van der Waals surface area contributed by atoms with E-state index in [1.54, 1.807) is 7.05 Å². The number of carbonyl (C=O) groups is 1. The molecular formula is C18H28N2O2. The summed E-state index contributed by atoms with van der Waals surface area (Å²) < 4.78 is 5.96. The minimum atomic E-state index is -0.0352. The SMILES string of the molecule is CCCN(CC(C)C)C1COc2cccc(C(=O)NC)c2C1. The molecule has 0 spiro atoms. The molecule has 1 aliphatic rings. The smallest absolute Gasteiger partial charge is 0.251 e. The van der Waals surface area contributed by atoms with Crippen molar-refractivity contribution in [1.29, 1.82) is 0 Å². The lowest BCUT2D eigenvalue weighted by molar-refractivity contribution is 0.0945. The Labute approximate surface area is 133 Å². The van der Waals surface area contributed by atoms with E-state index >= 15 is 0 Å². The maximum atomic E-state index is 12.1.